The van der Waals surface area contributed by atoms with Crippen molar-refractivity contribution in [2.75, 3.05) is 10.9 Å². The molecule has 0 atom stereocenters. The van der Waals surface area contributed by atoms with Crippen LogP contribution >= 0.6 is 0 Å². The summed E-state index contributed by atoms with van der Waals surface area (Å²) in [5.74, 6) is 0.965. The van der Waals surface area contributed by atoms with Gasteiger partial charge in [0, 0.05) is 11.1 Å². The zero-order chi connectivity index (χ0) is 31.2. The molecule has 0 bridgehead atoms. The molecule has 0 spiro atoms. The van der Waals surface area contributed by atoms with Crippen molar-refractivity contribution in [3.63, 3.8) is 0 Å². The van der Waals surface area contributed by atoms with Gasteiger partial charge in [0.1, 0.15) is 0 Å². The van der Waals surface area contributed by atoms with Gasteiger partial charge in [0.15, 0.2) is 0 Å². The zero-order valence-electron chi connectivity index (χ0n) is 24.8. The van der Waals surface area contributed by atoms with Crippen LogP contribution < -0.4 is 10.9 Å². The van der Waals surface area contributed by atoms with E-state index < -0.39 is 0 Å². The fourth-order valence-corrected chi connectivity index (χ4v) is 4.37. The highest BCUT2D eigenvalue weighted by Crippen LogP contribution is 2.24. The molecule has 6 aromatic rings. The first kappa shape index (κ1) is 29.5. The Bertz CT molecular complexity index is 1790. The molecule has 0 aromatic heterocycles. The van der Waals surface area contributed by atoms with Gasteiger partial charge in [-0.2, -0.15) is 10.2 Å². The highest BCUT2D eigenvalue weighted by molar-refractivity contribution is 6.00. The first-order valence-electron chi connectivity index (χ1n) is 14.7. The standard InChI is InChI=1S/C38H30N8/c1-5-13-31(14-6-1)37(43-39-33-17-9-3-10-18-33)45-41-35-25-21-29(22-26-35)30-23-27-36(28-24-30)42-46-38(32-15-7-2-8-16-32)44-40-34-19-11-4-12-20-34/h1-28,41-42H/b43-39?,44-40?,45-37-,46-38-. The average molecular weight is 599 g/mol. The van der Waals surface area contributed by atoms with Crippen LogP contribution in [0.5, 0.6) is 0 Å². The quantitative estimate of drug-likeness (QED) is 0.0749. The van der Waals surface area contributed by atoms with Crippen molar-refractivity contribution in [3.05, 3.63) is 181 Å². The molecule has 0 aliphatic heterocycles. The Labute approximate surface area is 267 Å². The lowest BCUT2D eigenvalue weighted by Crippen LogP contribution is -2.01. The predicted molar refractivity (Wildman–Crippen MR) is 187 cm³/mol. The van der Waals surface area contributed by atoms with Crippen LogP contribution in [-0.4, -0.2) is 11.7 Å². The molecule has 0 aliphatic rings. The number of hydrogen-bond acceptors (Lipinski definition) is 6. The van der Waals surface area contributed by atoms with E-state index in [4.69, 9.17) is 0 Å². The third-order valence-electron chi connectivity index (χ3n) is 6.78. The van der Waals surface area contributed by atoms with Crippen LogP contribution in [0.1, 0.15) is 11.1 Å². The summed E-state index contributed by atoms with van der Waals surface area (Å²) >= 11 is 0. The van der Waals surface area contributed by atoms with Gasteiger partial charge in [-0.15, -0.1) is 20.5 Å². The van der Waals surface area contributed by atoms with Crippen molar-refractivity contribution in [1.82, 2.24) is 0 Å². The molecule has 6 aromatic carbocycles. The van der Waals surface area contributed by atoms with Gasteiger partial charge in [0.25, 0.3) is 0 Å². The minimum absolute atomic E-state index is 0.483. The van der Waals surface area contributed by atoms with E-state index in [-0.39, 0.29) is 0 Å². The highest BCUT2D eigenvalue weighted by Gasteiger charge is 2.05. The molecule has 8 nitrogen and oxygen atoms in total. The monoisotopic (exact) mass is 598 g/mol. The van der Waals surface area contributed by atoms with Crippen LogP contribution in [0.4, 0.5) is 22.7 Å². The van der Waals surface area contributed by atoms with Crippen LogP contribution in [0.15, 0.2) is 201 Å². The summed E-state index contributed by atoms with van der Waals surface area (Å²) in [7, 11) is 0. The first-order valence-corrected chi connectivity index (χ1v) is 14.7. The fraction of sp³-hybridized carbons (Fsp3) is 0. The molecule has 0 heterocycles. The summed E-state index contributed by atoms with van der Waals surface area (Å²) in [5.41, 5.74) is 13.3. The first-order chi connectivity index (χ1) is 22.8. The number of hydrazone groups is 2. The Kier molecular flexibility index (Phi) is 9.80. The van der Waals surface area contributed by atoms with Crippen molar-refractivity contribution >= 4 is 34.4 Å². The SMILES string of the molecule is c1ccc(N=N/C(=N\Nc2ccc(-c3ccc(N/N=C(\N=Nc4ccccc4)c4ccccc4)cc3)cc2)c2ccccc2)cc1. The maximum atomic E-state index is 4.55. The third kappa shape index (κ3) is 8.30. The van der Waals surface area contributed by atoms with Gasteiger partial charge in [0.05, 0.1) is 22.7 Å². The van der Waals surface area contributed by atoms with Crippen LogP contribution in [0.25, 0.3) is 11.1 Å². The van der Waals surface area contributed by atoms with Crippen LogP contribution in [0.3, 0.4) is 0 Å². The fourth-order valence-electron chi connectivity index (χ4n) is 4.37. The van der Waals surface area contributed by atoms with E-state index in [0.717, 1.165) is 45.0 Å². The minimum Gasteiger partial charge on any atom is -0.276 e. The number of azo groups is 2. The van der Waals surface area contributed by atoms with E-state index in [0.29, 0.717) is 11.7 Å². The van der Waals surface area contributed by atoms with Gasteiger partial charge in [-0.1, -0.05) is 121 Å². The molecule has 6 rings (SSSR count). The number of anilines is 2. The van der Waals surface area contributed by atoms with E-state index in [1.807, 2.05) is 170 Å². The van der Waals surface area contributed by atoms with Gasteiger partial charge in [-0.3, -0.25) is 10.9 Å². The molecule has 2 N–H and O–H groups in total. The predicted octanol–water partition coefficient (Wildman–Crippen LogP) is 10.5. The van der Waals surface area contributed by atoms with Crippen molar-refractivity contribution < 1.29 is 0 Å². The maximum Gasteiger partial charge on any atom is 0.201 e. The molecular formula is C38H30N8. The normalized spacial score (nSPS) is 12.0. The lowest BCUT2D eigenvalue weighted by Gasteiger charge is -2.07. The van der Waals surface area contributed by atoms with E-state index >= 15 is 0 Å². The maximum absolute atomic E-state index is 4.55. The minimum atomic E-state index is 0.483. The number of benzene rings is 6. The molecule has 0 amide bonds. The van der Waals surface area contributed by atoms with Crippen LogP contribution in [0, 0.1) is 0 Å². The molecule has 0 unspecified atom stereocenters. The number of rotatable bonds is 9. The highest BCUT2D eigenvalue weighted by atomic mass is 15.3. The van der Waals surface area contributed by atoms with Crippen molar-refractivity contribution in [1.29, 1.82) is 0 Å². The molecular weight excluding hydrogens is 568 g/mol. The lowest BCUT2D eigenvalue weighted by atomic mass is 10.1. The van der Waals surface area contributed by atoms with Gasteiger partial charge >= 0.3 is 0 Å². The Morgan fingerprint density at radius 3 is 1.02 bits per heavy atom. The molecule has 0 fully saturated rings. The number of nitrogens with one attached hydrogen (secondary N) is 2. The summed E-state index contributed by atoms with van der Waals surface area (Å²) in [6.45, 7) is 0. The Hall–Kier alpha value is -6.54. The Morgan fingerprint density at radius 1 is 0.348 bits per heavy atom. The summed E-state index contributed by atoms with van der Waals surface area (Å²) in [6, 6.07) is 54.8. The van der Waals surface area contributed by atoms with Crippen LogP contribution in [-0.2, 0) is 0 Å². The largest absolute Gasteiger partial charge is 0.276 e. The molecule has 8 heteroatoms. The topological polar surface area (TPSA) is 98.2 Å². The molecule has 0 saturated carbocycles. The number of amidine groups is 2. The van der Waals surface area contributed by atoms with Gasteiger partial charge < -0.3 is 0 Å². The molecule has 222 valence electrons. The van der Waals surface area contributed by atoms with E-state index in [2.05, 4.69) is 41.5 Å². The van der Waals surface area contributed by atoms with Crippen molar-refractivity contribution in [2.24, 2.45) is 30.7 Å². The second-order valence-corrected chi connectivity index (χ2v) is 10.1. The smallest absolute Gasteiger partial charge is 0.201 e. The van der Waals surface area contributed by atoms with Gasteiger partial charge in [-0.05, 0) is 59.7 Å². The summed E-state index contributed by atoms with van der Waals surface area (Å²) in [6.07, 6.45) is 0. The van der Waals surface area contributed by atoms with Crippen molar-refractivity contribution in [3.8, 4) is 11.1 Å². The van der Waals surface area contributed by atoms with E-state index in [9.17, 15) is 0 Å². The third-order valence-corrected chi connectivity index (χ3v) is 6.78. The zero-order valence-corrected chi connectivity index (χ0v) is 24.8. The molecule has 0 saturated heterocycles. The Morgan fingerprint density at radius 2 is 0.674 bits per heavy atom. The van der Waals surface area contributed by atoms with Gasteiger partial charge in [-0.25, -0.2) is 0 Å². The van der Waals surface area contributed by atoms with E-state index in [1.54, 1.807) is 0 Å². The van der Waals surface area contributed by atoms with Crippen molar-refractivity contribution in [2.45, 2.75) is 0 Å². The molecule has 0 radical (unpaired) electrons. The second-order valence-electron chi connectivity index (χ2n) is 10.1. The average Bonchev–Trinajstić information content (AvgIpc) is 3.14. The summed E-state index contributed by atoms with van der Waals surface area (Å²) < 4.78 is 0. The lowest BCUT2D eigenvalue weighted by molar-refractivity contribution is 1.22. The second kappa shape index (κ2) is 15.3. The number of nitrogens with zero attached hydrogens (tertiary/aromatic N) is 6. The molecule has 46 heavy (non-hydrogen) atoms. The Balaban J connectivity index is 1.13. The van der Waals surface area contributed by atoms with E-state index in [1.165, 1.54) is 0 Å². The van der Waals surface area contributed by atoms with Gasteiger partial charge in [0.2, 0.25) is 11.7 Å². The molecule has 0 aliphatic carbocycles. The summed E-state index contributed by atoms with van der Waals surface area (Å²) in [5, 5.41) is 26.6. The summed E-state index contributed by atoms with van der Waals surface area (Å²) in [4.78, 5) is 0. The van der Waals surface area contributed by atoms with Crippen LogP contribution in [0.2, 0.25) is 0 Å². The number of hydrogen-bond donors (Lipinski definition) is 2.